The zero-order valence-electron chi connectivity index (χ0n) is 15.8. The molecular weight excluding hydrogens is 356 g/mol. The maximum Gasteiger partial charge on any atom is 0.249 e. The minimum Gasteiger partial charge on any atom is -0.344 e. The van der Waals surface area contributed by atoms with E-state index in [2.05, 4.69) is 18.0 Å². The van der Waals surface area contributed by atoms with Gasteiger partial charge in [0.15, 0.2) is 0 Å². The van der Waals surface area contributed by atoms with Crippen LogP contribution in [0.3, 0.4) is 0 Å². The number of benzene rings is 1. The summed E-state index contributed by atoms with van der Waals surface area (Å²) in [4.78, 5) is 40.7. The van der Waals surface area contributed by atoms with Gasteiger partial charge in [-0.25, -0.2) is 0 Å². The van der Waals surface area contributed by atoms with Gasteiger partial charge < -0.3 is 15.1 Å². The number of amides is 3. The quantitative estimate of drug-likeness (QED) is 0.803. The summed E-state index contributed by atoms with van der Waals surface area (Å²) in [5.41, 5.74) is 1.26. The van der Waals surface area contributed by atoms with Gasteiger partial charge in [-0.1, -0.05) is 6.58 Å². The molecule has 0 saturated carbocycles. The van der Waals surface area contributed by atoms with Gasteiger partial charge >= 0.3 is 0 Å². The fourth-order valence-electron chi connectivity index (χ4n) is 3.79. The molecule has 1 aromatic carbocycles. The van der Waals surface area contributed by atoms with E-state index in [1.165, 1.54) is 6.08 Å². The number of piperidine rings is 2. The highest BCUT2D eigenvalue weighted by Crippen LogP contribution is 2.23. The Balaban J connectivity index is 1.64. The molecule has 2 aliphatic rings. The third-order valence-electron chi connectivity index (χ3n) is 5.34. The van der Waals surface area contributed by atoms with Gasteiger partial charge in [0, 0.05) is 25.3 Å². The summed E-state index contributed by atoms with van der Waals surface area (Å²) in [6.07, 6.45) is 4.10. The zero-order valence-corrected chi connectivity index (χ0v) is 15.8. The summed E-state index contributed by atoms with van der Waals surface area (Å²) >= 11 is 0. The number of nitriles is 1. The number of hydrogen-bond acceptors (Lipinski definition) is 4. The second-order valence-corrected chi connectivity index (χ2v) is 7.18. The van der Waals surface area contributed by atoms with Gasteiger partial charge in [0.1, 0.15) is 6.04 Å². The number of rotatable bonds is 4. The van der Waals surface area contributed by atoms with Crippen LogP contribution in [0.2, 0.25) is 0 Å². The number of carbonyl (C=O) groups is 3. The summed E-state index contributed by atoms with van der Waals surface area (Å²) in [7, 11) is 0. The lowest BCUT2D eigenvalue weighted by Crippen LogP contribution is -2.55. The van der Waals surface area contributed by atoms with Crippen LogP contribution in [-0.2, 0) is 14.4 Å². The Morgan fingerprint density at radius 3 is 2.57 bits per heavy atom. The van der Waals surface area contributed by atoms with E-state index in [1.807, 2.05) is 0 Å². The normalized spacial score (nSPS) is 22.3. The van der Waals surface area contributed by atoms with E-state index < -0.39 is 6.04 Å². The Morgan fingerprint density at radius 2 is 1.89 bits per heavy atom. The Morgan fingerprint density at radius 1 is 1.18 bits per heavy atom. The van der Waals surface area contributed by atoms with Crippen LogP contribution in [0.4, 0.5) is 5.69 Å². The van der Waals surface area contributed by atoms with Gasteiger partial charge in [-0.15, -0.1) is 0 Å². The number of nitrogens with one attached hydrogen (secondary N) is 1. The van der Waals surface area contributed by atoms with Crippen LogP contribution in [0.5, 0.6) is 0 Å². The Labute approximate surface area is 164 Å². The second-order valence-electron chi connectivity index (χ2n) is 7.18. The van der Waals surface area contributed by atoms with Gasteiger partial charge in [0.25, 0.3) is 0 Å². The number of hydrogen-bond donors (Lipinski definition) is 1. The maximum absolute atomic E-state index is 12.9. The van der Waals surface area contributed by atoms with E-state index in [4.69, 9.17) is 5.26 Å². The molecule has 28 heavy (non-hydrogen) atoms. The molecule has 3 amide bonds. The maximum atomic E-state index is 12.9. The van der Waals surface area contributed by atoms with Crippen LogP contribution in [0.15, 0.2) is 36.9 Å². The van der Waals surface area contributed by atoms with Crippen molar-refractivity contribution in [2.24, 2.45) is 5.92 Å². The van der Waals surface area contributed by atoms with Crippen molar-refractivity contribution in [3.05, 3.63) is 42.5 Å². The molecular formula is C21H24N4O3. The third-order valence-corrected chi connectivity index (χ3v) is 5.34. The summed E-state index contributed by atoms with van der Waals surface area (Å²) in [6.45, 7) is 5.07. The van der Waals surface area contributed by atoms with E-state index in [9.17, 15) is 14.4 Å². The van der Waals surface area contributed by atoms with Gasteiger partial charge in [-0.3, -0.25) is 14.4 Å². The molecule has 2 aliphatic heterocycles. The zero-order chi connectivity index (χ0) is 20.1. The average molecular weight is 380 g/mol. The van der Waals surface area contributed by atoms with Crippen LogP contribution in [-0.4, -0.2) is 48.3 Å². The first-order chi connectivity index (χ1) is 13.5. The predicted molar refractivity (Wildman–Crippen MR) is 104 cm³/mol. The summed E-state index contributed by atoms with van der Waals surface area (Å²) in [6, 6.07) is 8.35. The predicted octanol–water partition coefficient (Wildman–Crippen LogP) is 1.59. The van der Waals surface area contributed by atoms with Crippen molar-refractivity contribution >= 4 is 23.4 Å². The molecule has 146 valence electrons. The standard InChI is InChI=1S/C21H24N4O3/c1-2-19(26)24-11-3-5-16(14-24)20(27)23-18-6-4-12-25(21(18)28)17-9-7-15(13-22)8-10-17/h2,7-10,16,18H,1,3-6,11-12,14H2,(H,23,27). The monoisotopic (exact) mass is 380 g/mol. The average Bonchev–Trinajstić information content (AvgIpc) is 2.74. The molecule has 2 atom stereocenters. The fourth-order valence-corrected chi connectivity index (χ4v) is 3.79. The van der Waals surface area contributed by atoms with Crippen molar-refractivity contribution in [3.63, 3.8) is 0 Å². The number of carbonyl (C=O) groups excluding carboxylic acids is 3. The molecule has 0 spiro atoms. The van der Waals surface area contributed by atoms with Crippen LogP contribution in [0.1, 0.15) is 31.2 Å². The lowest BCUT2D eigenvalue weighted by Gasteiger charge is -2.35. The van der Waals surface area contributed by atoms with Crippen LogP contribution in [0.25, 0.3) is 0 Å². The summed E-state index contributed by atoms with van der Waals surface area (Å²) in [5, 5.41) is 11.8. The molecule has 0 radical (unpaired) electrons. The summed E-state index contributed by atoms with van der Waals surface area (Å²) in [5.74, 6) is -0.797. The molecule has 3 rings (SSSR count). The van der Waals surface area contributed by atoms with Crippen LogP contribution in [0, 0.1) is 17.2 Å². The molecule has 2 saturated heterocycles. The van der Waals surface area contributed by atoms with Crippen LogP contribution < -0.4 is 10.2 Å². The molecule has 0 aliphatic carbocycles. The molecule has 2 fully saturated rings. The smallest absolute Gasteiger partial charge is 0.249 e. The first-order valence-corrected chi connectivity index (χ1v) is 9.56. The number of nitrogens with zero attached hydrogens (tertiary/aromatic N) is 3. The number of likely N-dealkylation sites (tertiary alicyclic amines) is 1. The van der Waals surface area contributed by atoms with Crippen molar-refractivity contribution in [2.75, 3.05) is 24.5 Å². The van der Waals surface area contributed by atoms with Gasteiger partial charge in [-0.05, 0) is 56.0 Å². The third kappa shape index (κ3) is 4.22. The second kappa shape index (κ2) is 8.70. The highest BCUT2D eigenvalue weighted by atomic mass is 16.2. The largest absolute Gasteiger partial charge is 0.344 e. The summed E-state index contributed by atoms with van der Waals surface area (Å²) < 4.78 is 0. The van der Waals surface area contributed by atoms with Gasteiger partial charge in [-0.2, -0.15) is 5.26 Å². The highest BCUT2D eigenvalue weighted by Gasteiger charge is 2.34. The SMILES string of the molecule is C=CC(=O)N1CCCC(C(=O)NC2CCCN(c3ccc(C#N)cc3)C2=O)C1. The van der Waals surface area contributed by atoms with E-state index in [1.54, 1.807) is 34.1 Å². The van der Waals surface area contributed by atoms with Crippen molar-refractivity contribution in [1.29, 1.82) is 5.26 Å². The van der Waals surface area contributed by atoms with E-state index in [-0.39, 0.29) is 23.6 Å². The van der Waals surface area contributed by atoms with E-state index in [0.717, 1.165) is 18.5 Å². The van der Waals surface area contributed by atoms with Crippen molar-refractivity contribution in [1.82, 2.24) is 10.2 Å². The molecule has 7 heteroatoms. The molecule has 2 heterocycles. The molecule has 1 N–H and O–H groups in total. The minimum atomic E-state index is -0.567. The van der Waals surface area contributed by atoms with Crippen molar-refractivity contribution in [3.8, 4) is 6.07 Å². The Hall–Kier alpha value is -3.14. The fraction of sp³-hybridized carbons (Fsp3) is 0.429. The first kappa shape index (κ1) is 19.6. The molecule has 0 bridgehead atoms. The van der Waals surface area contributed by atoms with E-state index in [0.29, 0.717) is 38.0 Å². The Kier molecular flexibility index (Phi) is 6.09. The van der Waals surface area contributed by atoms with Gasteiger partial charge in [0.05, 0.1) is 17.6 Å². The Bertz CT molecular complexity index is 812. The highest BCUT2D eigenvalue weighted by molar-refractivity contribution is 6.00. The van der Waals surface area contributed by atoms with Crippen molar-refractivity contribution in [2.45, 2.75) is 31.7 Å². The topological polar surface area (TPSA) is 93.5 Å². The van der Waals surface area contributed by atoms with Crippen molar-refractivity contribution < 1.29 is 14.4 Å². The lowest BCUT2D eigenvalue weighted by atomic mass is 9.95. The molecule has 2 unspecified atom stereocenters. The van der Waals surface area contributed by atoms with Gasteiger partial charge in [0.2, 0.25) is 17.7 Å². The lowest BCUT2D eigenvalue weighted by molar-refractivity contribution is -0.134. The minimum absolute atomic E-state index is 0.140. The first-order valence-electron chi connectivity index (χ1n) is 9.56. The molecule has 7 nitrogen and oxygen atoms in total. The van der Waals surface area contributed by atoms with Crippen LogP contribution >= 0.6 is 0 Å². The number of anilines is 1. The molecule has 1 aromatic rings. The molecule has 0 aromatic heterocycles. The van der Waals surface area contributed by atoms with E-state index >= 15 is 0 Å².